The molecule has 0 fully saturated rings. The number of nitrogens with zero attached hydrogens (tertiary/aromatic N) is 5. The molecule has 2 rings (SSSR count). The van der Waals surface area contributed by atoms with Crippen LogP contribution in [-0.2, 0) is 7.05 Å². The van der Waals surface area contributed by atoms with Gasteiger partial charge in [0.05, 0.1) is 27.5 Å². The predicted octanol–water partition coefficient (Wildman–Crippen LogP) is -2.44. The Balaban J connectivity index is 0.00000112. The van der Waals surface area contributed by atoms with E-state index in [0.29, 0.717) is 4.48 Å². The Morgan fingerprint density at radius 3 is 2.40 bits per heavy atom. The molecule has 0 aliphatic rings. The maximum absolute atomic E-state index is 4.31. The first kappa shape index (κ1) is 11.9. The van der Waals surface area contributed by atoms with E-state index in [1.165, 1.54) is 0 Å². The number of rotatable bonds is 1. The Bertz CT molecular complexity index is 471. The molecule has 5 nitrogen and oxygen atoms in total. The van der Waals surface area contributed by atoms with Crippen molar-refractivity contribution in [1.29, 1.82) is 0 Å². The smallest absolute Gasteiger partial charge is 0.258 e. The van der Waals surface area contributed by atoms with Gasteiger partial charge in [0.1, 0.15) is 6.33 Å². The van der Waals surface area contributed by atoms with E-state index in [9.17, 15) is 0 Å². The predicted molar refractivity (Wildman–Crippen MR) is 55.9 cm³/mol. The summed E-state index contributed by atoms with van der Waals surface area (Å²) < 4.78 is 2.55. The molecular weight excluding hydrogens is 214 g/mol. The number of aromatic nitrogens is 4. The van der Waals surface area contributed by atoms with Crippen molar-refractivity contribution >= 4 is 17.0 Å². The average molecular weight is 228 g/mol. The number of fused-ring (bicyclic) bond motifs is 1. The highest BCUT2D eigenvalue weighted by atomic mass is 35.5. The van der Waals surface area contributed by atoms with E-state index in [0.717, 1.165) is 17.0 Å². The molecule has 2 heterocycles. The van der Waals surface area contributed by atoms with E-state index in [1.54, 1.807) is 12.7 Å². The number of imidazole rings is 1. The monoisotopic (exact) mass is 227 g/mol. The van der Waals surface area contributed by atoms with Gasteiger partial charge < -0.3 is 17.0 Å². The summed E-state index contributed by atoms with van der Waals surface area (Å²) in [5.74, 6) is 0.940. The van der Waals surface area contributed by atoms with Crippen molar-refractivity contribution in [3.8, 4) is 0 Å². The lowest BCUT2D eigenvalue weighted by atomic mass is 10.4. The van der Waals surface area contributed by atoms with Crippen LogP contribution in [-0.4, -0.2) is 40.7 Å². The van der Waals surface area contributed by atoms with Crippen LogP contribution in [0.1, 0.15) is 0 Å². The summed E-state index contributed by atoms with van der Waals surface area (Å²) in [5.41, 5.74) is 1.76. The van der Waals surface area contributed by atoms with Crippen molar-refractivity contribution in [2.24, 2.45) is 7.05 Å². The minimum absolute atomic E-state index is 0. The van der Waals surface area contributed by atoms with Gasteiger partial charge in [-0.3, -0.25) is 4.48 Å². The van der Waals surface area contributed by atoms with Crippen molar-refractivity contribution in [3.05, 3.63) is 12.7 Å². The fourth-order valence-electron chi connectivity index (χ4n) is 1.42. The molecule has 2 aromatic heterocycles. The summed E-state index contributed by atoms with van der Waals surface area (Å²) in [7, 11) is 8.13. The van der Waals surface area contributed by atoms with Gasteiger partial charge in [0.15, 0.2) is 11.2 Å². The van der Waals surface area contributed by atoms with Gasteiger partial charge in [-0.15, -0.1) is 0 Å². The Hall–Kier alpha value is -1.20. The SMILES string of the molecule is Cn1cnc2c([N+](C)(C)C)ncnc21.[Cl-]. The lowest BCUT2D eigenvalue weighted by Crippen LogP contribution is -3.00. The van der Waals surface area contributed by atoms with Crippen molar-refractivity contribution in [2.45, 2.75) is 0 Å². The minimum Gasteiger partial charge on any atom is -1.00 e. The van der Waals surface area contributed by atoms with Gasteiger partial charge in [-0.25, -0.2) is 9.97 Å². The summed E-state index contributed by atoms with van der Waals surface area (Å²) in [6.07, 6.45) is 3.35. The Kier molecular flexibility index (Phi) is 2.97. The molecular formula is C9H14ClN5. The van der Waals surface area contributed by atoms with Crippen LogP contribution in [0.5, 0.6) is 0 Å². The van der Waals surface area contributed by atoms with Crippen LogP contribution in [0.25, 0.3) is 11.2 Å². The second-order valence-corrected chi connectivity index (χ2v) is 4.24. The Morgan fingerprint density at radius 1 is 1.13 bits per heavy atom. The molecule has 0 bridgehead atoms. The first-order valence-corrected chi connectivity index (χ1v) is 4.44. The molecule has 2 aromatic rings. The van der Waals surface area contributed by atoms with E-state index in [4.69, 9.17) is 0 Å². The number of quaternary nitrogens is 1. The second-order valence-electron chi connectivity index (χ2n) is 4.24. The highest BCUT2D eigenvalue weighted by Gasteiger charge is 2.20. The molecule has 0 aliphatic heterocycles. The first-order chi connectivity index (χ1) is 6.50. The third-order valence-corrected chi connectivity index (χ3v) is 2.11. The maximum atomic E-state index is 4.31. The summed E-state index contributed by atoms with van der Waals surface area (Å²) >= 11 is 0. The van der Waals surface area contributed by atoms with E-state index >= 15 is 0 Å². The van der Waals surface area contributed by atoms with Crippen molar-refractivity contribution < 1.29 is 12.4 Å². The highest BCUT2D eigenvalue weighted by molar-refractivity contribution is 5.81. The topological polar surface area (TPSA) is 43.6 Å². The molecule has 0 radical (unpaired) electrons. The van der Waals surface area contributed by atoms with Crippen LogP contribution < -0.4 is 16.9 Å². The van der Waals surface area contributed by atoms with Gasteiger partial charge in [0, 0.05) is 7.05 Å². The molecule has 82 valence electrons. The molecule has 6 heteroatoms. The zero-order chi connectivity index (χ0) is 10.3. The van der Waals surface area contributed by atoms with Crippen LogP contribution in [0.15, 0.2) is 12.7 Å². The van der Waals surface area contributed by atoms with Crippen LogP contribution in [0.2, 0.25) is 0 Å². The van der Waals surface area contributed by atoms with Gasteiger partial charge in [-0.2, -0.15) is 4.98 Å². The Labute approximate surface area is 94.8 Å². The van der Waals surface area contributed by atoms with Crippen LogP contribution in [0.3, 0.4) is 0 Å². The summed E-state index contributed by atoms with van der Waals surface area (Å²) in [6, 6.07) is 0. The standard InChI is InChI=1S/C9H14N5.ClH/c1-13-6-12-7-8(13)10-5-11-9(7)14(2,3)4;/h5-6H,1-4H3;1H/q+1;/p-1. The number of halogens is 1. The molecule has 15 heavy (non-hydrogen) atoms. The third kappa shape index (κ3) is 1.93. The molecule has 0 saturated heterocycles. The van der Waals surface area contributed by atoms with E-state index < -0.39 is 0 Å². The molecule has 0 atom stereocenters. The molecule has 0 aromatic carbocycles. The molecule has 0 saturated carbocycles. The normalized spacial score (nSPS) is 11.5. The quantitative estimate of drug-likeness (QED) is 0.509. The van der Waals surface area contributed by atoms with Crippen molar-refractivity contribution in [3.63, 3.8) is 0 Å². The number of hydrogen-bond acceptors (Lipinski definition) is 3. The van der Waals surface area contributed by atoms with Crippen LogP contribution in [0, 0.1) is 0 Å². The summed E-state index contributed by atoms with van der Waals surface area (Å²) in [5, 5.41) is 0. The van der Waals surface area contributed by atoms with Gasteiger partial charge >= 0.3 is 0 Å². The molecule has 0 unspecified atom stereocenters. The Morgan fingerprint density at radius 2 is 1.80 bits per heavy atom. The zero-order valence-electron chi connectivity index (χ0n) is 9.27. The second kappa shape index (κ2) is 3.75. The number of aryl methyl sites for hydroxylation is 1. The number of hydrogen-bond donors (Lipinski definition) is 0. The first-order valence-electron chi connectivity index (χ1n) is 4.44. The van der Waals surface area contributed by atoms with Crippen LogP contribution in [0.4, 0.5) is 5.82 Å². The molecule has 0 spiro atoms. The van der Waals surface area contributed by atoms with Gasteiger partial charge in [0.2, 0.25) is 0 Å². The largest absolute Gasteiger partial charge is 1.00 e. The molecule has 0 aliphatic carbocycles. The molecule has 0 N–H and O–H groups in total. The fraction of sp³-hybridized carbons (Fsp3) is 0.444. The van der Waals surface area contributed by atoms with E-state index in [-0.39, 0.29) is 12.4 Å². The maximum Gasteiger partial charge on any atom is 0.258 e. The lowest BCUT2D eigenvalue weighted by Gasteiger charge is -2.21. The summed E-state index contributed by atoms with van der Waals surface area (Å²) in [6.45, 7) is 0. The van der Waals surface area contributed by atoms with E-state index in [2.05, 4.69) is 36.1 Å². The molecule has 0 amide bonds. The van der Waals surface area contributed by atoms with Crippen molar-refractivity contribution in [1.82, 2.24) is 24.0 Å². The van der Waals surface area contributed by atoms with Crippen molar-refractivity contribution in [2.75, 3.05) is 21.1 Å². The van der Waals surface area contributed by atoms with Gasteiger partial charge in [0.25, 0.3) is 5.82 Å². The van der Waals surface area contributed by atoms with Gasteiger partial charge in [-0.05, 0) is 0 Å². The van der Waals surface area contributed by atoms with Crippen LogP contribution >= 0.6 is 0 Å². The van der Waals surface area contributed by atoms with Gasteiger partial charge in [-0.1, -0.05) is 0 Å². The average Bonchev–Trinajstić information content (AvgIpc) is 2.46. The third-order valence-electron chi connectivity index (χ3n) is 2.11. The lowest BCUT2D eigenvalue weighted by molar-refractivity contribution is -0.00000342. The van der Waals surface area contributed by atoms with E-state index in [1.807, 2.05) is 11.6 Å². The summed E-state index contributed by atoms with van der Waals surface area (Å²) in [4.78, 5) is 12.8. The minimum atomic E-state index is 0. The fourth-order valence-corrected chi connectivity index (χ4v) is 1.42. The zero-order valence-corrected chi connectivity index (χ0v) is 10.0. The highest BCUT2D eigenvalue weighted by Crippen LogP contribution is 2.21.